The summed E-state index contributed by atoms with van der Waals surface area (Å²) in [5.74, 6) is 0. The Kier molecular flexibility index (Phi) is 5.84. The molecule has 0 atom stereocenters. The Bertz CT molecular complexity index is 538. The van der Waals surface area contributed by atoms with Gasteiger partial charge in [-0.25, -0.2) is 0 Å². The van der Waals surface area contributed by atoms with E-state index in [0.29, 0.717) is 0 Å². The third kappa shape index (κ3) is 4.62. The van der Waals surface area contributed by atoms with Crippen LogP contribution in [-0.4, -0.2) is 27.3 Å². The quantitative estimate of drug-likeness (QED) is 0.758. The van der Waals surface area contributed by atoms with Crippen molar-refractivity contribution >= 4 is 5.69 Å². The van der Waals surface area contributed by atoms with Gasteiger partial charge >= 0.3 is 0 Å². The van der Waals surface area contributed by atoms with Gasteiger partial charge in [-0.2, -0.15) is 0 Å². The Hall–Kier alpha value is -1.78. The van der Waals surface area contributed by atoms with Gasteiger partial charge in [0, 0.05) is 45.0 Å². The zero-order valence-electron chi connectivity index (χ0n) is 13.1. The van der Waals surface area contributed by atoms with Gasteiger partial charge in [0.05, 0.1) is 19.1 Å². The number of nitrogens with zero attached hydrogens (tertiary/aromatic N) is 1. The number of furan rings is 1. The van der Waals surface area contributed by atoms with Crippen LogP contribution >= 0.6 is 0 Å². The zero-order chi connectivity index (χ0) is 15.1. The largest absolute Gasteiger partial charge is 0.472 e. The van der Waals surface area contributed by atoms with Crippen LogP contribution in [0.5, 0.6) is 0 Å². The van der Waals surface area contributed by atoms with Crippen LogP contribution in [0.4, 0.5) is 5.69 Å². The molecule has 114 valence electrons. The Morgan fingerprint density at radius 3 is 2.86 bits per heavy atom. The zero-order valence-corrected chi connectivity index (χ0v) is 13.1. The summed E-state index contributed by atoms with van der Waals surface area (Å²) in [7, 11) is 3.83. The molecule has 4 nitrogen and oxygen atoms in total. The lowest BCUT2D eigenvalue weighted by Crippen LogP contribution is -2.22. The van der Waals surface area contributed by atoms with Gasteiger partial charge in [0.1, 0.15) is 0 Å². The van der Waals surface area contributed by atoms with Crippen molar-refractivity contribution in [3.8, 4) is 0 Å². The molecule has 1 heterocycles. The highest BCUT2D eigenvalue weighted by Gasteiger charge is 2.09. The fourth-order valence-corrected chi connectivity index (χ4v) is 2.37. The first-order chi connectivity index (χ1) is 10.2. The molecule has 0 saturated carbocycles. The molecule has 0 bridgehead atoms. The van der Waals surface area contributed by atoms with Crippen LogP contribution in [0.3, 0.4) is 0 Å². The number of ether oxygens (including phenoxy) is 1. The van der Waals surface area contributed by atoms with Crippen molar-refractivity contribution in [1.82, 2.24) is 5.32 Å². The minimum absolute atomic E-state index is 0.728. The monoisotopic (exact) mass is 288 g/mol. The van der Waals surface area contributed by atoms with E-state index in [1.807, 2.05) is 6.07 Å². The van der Waals surface area contributed by atoms with Gasteiger partial charge in [-0.3, -0.25) is 0 Å². The molecule has 0 saturated heterocycles. The molecule has 0 amide bonds. The summed E-state index contributed by atoms with van der Waals surface area (Å²) in [6.45, 7) is 5.39. The van der Waals surface area contributed by atoms with E-state index >= 15 is 0 Å². The summed E-state index contributed by atoms with van der Waals surface area (Å²) < 4.78 is 10.2. The summed E-state index contributed by atoms with van der Waals surface area (Å²) >= 11 is 0. The molecule has 0 radical (unpaired) electrons. The molecule has 0 unspecified atom stereocenters. The van der Waals surface area contributed by atoms with E-state index in [0.717, 1.165) is 26.2 Å². The maximum Gasteiger partial charge on any atom is 0.0952 e. The second kappa shape index (κ2) is 7.86. The molecule has 4 heteroatoms. The highest BCUT2D eigenvalue weighted by molar-refractivity contribution is 5.54. The summed E-state index contributed by atoms with van der Waals surface area (Å²) in [4.78, 5) is 2.25. The van der Waals surface area contributed by atoms with Gasteiger partial charge in [0.25, 0.3) is 0 Å². The molecule has 1 aromatic heterocycles. The number of methoxy groups -OCH3 is 1. The Balaban J connectivity index is 2.06. The third-order valence-corrected chi connectivity index (χ3v) is 3.44. The Morgan fingerprint density at radius 1 is 1.29 bits per heavy atom. The highest BCUT2D eigenvalue weighted by Crippen LogP contribution is 2.22. The van der Waals surface area contributed by atoms with Crippen LogP contribution in [0.2, 0.25) is 0 Å². The molecule has 0 fully saturated rings. The van der Waals surface area contributed by atoms with Gasteiger partial charge in [-0.05, 0) is 24.6 Å². The van der Waals surface area contributed by atoms with Gasteiger partial charge in [0.2, 0.25) is 0 Å². The fraction of sp³-hybridized carbons (Fsp3) is 0.412. The van der Waals surface area contributed by atoms with E-state index in [4.69, 9.17) is 9.15 Å². The second-order valence-corrected chi connectivity index (χ2v) is 5.29. The second-order valence-electron chi connectivity index (χ2n) is 5.29. The molecule has 21 heavy (non-hydrogen) atoms. The minimum atomic E-state index is 0.728. The lowest BCUT2D eigenvalue weighted by Gasteiger charge is -2.22. The lowest BCUT2D eigenvalue weighted by molar-refractivity contribution is 0.199. The summed E-state index contributed by atoms with van der Waals surface area (Å²) in [6.07, 6.45) is 3.51. The van der Waals surface area contributed by atoms with Crippen LogP contribution in [-0.2, 0) is 17.8 Å². The van der Waals surface area contributed by atoms with Crippen LogP contribution in [0, 0.1) is 6.92 Å². The fourth-order valence-electron chi connectivity index (χ4n) is 2.37. The van der Waals surface area contributed by atoms with Gasteiger partial charge in [0.15, 0.2) is 0 Å². The highest BCUT2D eigenvalue weighted by atomic mass is 16.5. The normalized spacial score (nSPS) is 10.8. The Labute approximate surface area is 126 Å². The first kappa shape index (κ1) is 15.6. The van der Waals surface area contributed by atoms with Crippen molar-refractivity contribution in [2.75, 3.05) is 32.2 Å². The predicted octanol–water partition coefficient (Wildman–Crippen LogP) is 2.96. The van der Waals surface area contributed by atoms with E-state index in [2.05, 4.69) is 42.4 Å². The first-order valence-electron chi connectivity index (χ1n) is 7.22. The Morgan fingerprint density at radius 2 is 2.14 bits per heavy atom. The van der Waals surface area contributed by atoms with E-state index in [9.17, 15) is 0 Å². The first-order valence-corrected chi connectivity index (χ1v) is 7.22. The standard InChI is InChI=1S/C17H24N2O2/c1-14-4-5-17(16(10-14)11-18-7-9-20-3)19(2)12-15-6-8-21-13-15/h4-6,8,10,13,18H,7,9,11-12H2,1-3H3. The van der Waals surface area contributed by atoms with E-state index in [-0.39, 0.29) is 0 Å². The van der Waals surface area contributed by atoms with Gasteiger partial charge in [-0.15, -0.1) is 0 Å². The maximum absolute atomic E-state index is 5.14. The third-order valence-electron chi connectivity index (χ3n) is 3.44. The molecule has 0 spiro atoms. The minimum Gasteiger partial charge on any atom is -0.472 e. The average Bonchev–Trinajstić information content (AvgIpc) is 2.96. The molecule has 1 N–H and O–H groups in total. The molecule has 0 aliphatic carbocycles. The van der Waals surface area contributed by atoms with Crippen LogP contribution in [0.15, 0.2) is 41.2 Å². The topological polar surface area (TPSA) is 37.6 Å². The van der Waals surface area contributed by atoms with Crippen molar-refractivity contribution < 1.29 is 9.15 Å². The molecule has 0 aliphatic rings. The van der Waals surface area contributed by atoms with Gasteiger partial charge < -0.3 is 19.4 Å². The molecule has 1 aromatic carbocycles. The van der Waals surface area contributed by atoms with Crippen LogP contribution < -0.4 is 10.2 Å². The van der Waals surface area contributed by atoms with Crippen molar-refractivity contribution in [3.63, 3.8) is 0 Å². The SMILES string of the molecule is COCCNCc1cc(C)ccc1N(C)Cc1ccoc1. The number of aryl methyl sites for hydroxylation is 1. The summed E-state index contributed by atoms with van der Waals surface area (Å²) in [5, 5.41) is 3.41. The summed E-state index contributed by atoms with van der Waals surface area (Å²) in [6, 6.07) is 8.57. The number of hydrogen-bond donors (Lipinski definition) is 1. The molecular weight excluding hydrogens is 264 g/mol. The molecule has 2 aromatic rings. The number of rotatable bonds is 8. The maximum atomic E-state index is 5.14. The van der Waals surface area contributed by atoms with Crippen molar-refractivity contribution in [3.05, 3.63) is 53.5 Å². The lowest BCUT2D eigenvalue weighted by atomic mass is 10.1. The smallest absolute Gasteiger partial charge is 0.0952 e. The van der Waals surface area contributed by atoms with Gasteiger partial charge in [-0.1, -0.05) is 17.7 Å². The number of anilines is 1. The number of benzene rings is 1. The predicted molar refractivity (Wildman–Crippen MR) is 85.6 cm³/mol. The van der Waals surface area contributed by atoms with Crippen molar-refractivity contribution in [2.45, 2.75) is 20.0 Å². The summed E-state index contributed by atoms with van der Waals surface area (Å²) in [5.41, 5.74) is 5.00. The van der Waals surface area contributed by atoms with E-state index in [1.165, 1.54) is 22.4 Å². The van der Waals surface area contributed by atoms with Crippen molar-refractivity contribution in [1.29, 1.82) is 0 Å². The number of hydrogen-bond acceptors (Lipinski definition) is 4. The van der Waals surface area contributed by atoms with Crippen LogP contribution in [0.1, 0.15) is 16.7 Å². The molecular formula is C17H24N2O2. The van der Waals surface area contributed by atoms with E-state index < -0.39 is 0 Å². The average molecular weight is 288 g/mol. The number of nitrogens with one attached hydrogen (secondary N) is 1. The van der Waals surface area contributed by atoms with Crippen molar-refractivity contribution in [2.24, 2.45) is 0 Å². The van der Waals surface area contributed by atoms with E-state index in [1.54, 1.807) is 19.6 Å². The molecule has 2 rings (SSSR count). The van der Waals surface area contributed by atoms with Crippen LogP contribution in [0.25, 0.3) is 0 Å². The molecule has 0 aliphatic heterocycles.